The number of benzene rings is 1. The van der Waals surface area contributed by atoms with E-state index >= 15 is 0 Å². The third kappa shape index (κ3) is 5.65. The number of hydrogen-bond acceptors (Lipinski definition) is 3. The lowest BCUT2D eigenvalue weighted by molar-refractivity contribution is 0.226. The predicted octanol–water partition coefficient (Wildman–Crippen LogP) is 2.55. The number of aryl methyl sites for hydroxylation is 2. The number of rotatable bonds is 7. The van der Waals surface area contributed by atoms with E-state index in [9.17, 15) is 4.79 Å². The summed E-state index contributed by atoms with van der Waals surface area (Å²) in [6, 6.07) is 9.47. The van der Waals surface area contributed by atoms with Crippen molar-refractivity contribution in [1.29, 1.82) is 0 Å². The predicted molar refractivity (Wildman–Crippen MR) is 89.5 cm³/mol. The summed E-state index contributed by atoms with van der Waals surface area (Å²) >= 11 is 0. The summed E-state index contributed by atoms with van der Waals surface area (Å²) in [4.78, 5) is 11.8. The maximum absolute atomic E-state index is 11.8. The van der Waals surface area contributed by atoms with E-state index in [1.165, 1.54) is 5.56 Å². The molecule has 2 aromatic rings. The fourth-order valence-electron chi connectivity index (χ4n) is 2.03. The van der Waals surface area contributed by atoms with E-state index in [0.717, 1.165) is 23.6 Å². The number of urea groups is 1. The molecule has 2 amide bonds. The first-order valence-electron chi connectivity index (χ1n) is 7.83. The highest BCUT2D eigenvalue weighted by molar-refractivity contribution is 5.74. The molecule has 0 aliphatic heterocycles. The molecule has 1 aromatic carbocycles. The summed E-state index contributed by atoms with van der Waals surface area (Å²) in [7, 11) is 0. The lowest BCUT2D eigenvalue weighted by Gasteiger charge is -2.15. The van der Waals surface area contributed by atoms with E-state index in [0.29, 0.717) is 13.2 Å². The van der Waals surface area contributed by atoms with Crippen molar-refractivity contribution in [3.63, 3.8) is 0 Å². The van der Waals surface area contributed by atoms with Gasteiger partial charge in [0, 0.05) is 0 Å². The molecule has 6 heteroatoms. The summed E-state index contributed by atoms with van der Waals surface area (Å²) in [5, 5.41) is 12.7. The highest BCUT2D eigenvalue weighted by Gasteiger charge is 2.08. The van der Waals surface area contributed by atoms with Crippen LogP contribution in [0.3, 0.4) is 0 Å². The summed E-state index contributed by atoms with van der Waals surface area (Å²) in [5.41, 5.74) is 3.07. The zero-order chi connectivity index (χ0) is 16.7. The maximum atomic E-state index is 11.8. The van der Waals surface area contributed by atoms with E-state index < -0.39 is 0 Å². The van der Waals surface area contributed by atoms with Crippen molar-refractivity contribution in [2.45, 2.75) is 39.8 Å². The van der Waals surface area contributed by atoms with Gasteiger partial charge in [-0.25, -0.2) is 4.79 Å². The quantitative estimate of drug-likeness (QED) is 0.734. The zero-order valence-electron chi connectivity index (χ0n) is 13.8. The van der Waals surface area contributed by atoms with E-state index in [2.05, 4.69) is 20.8 Å². The lowest BCUT2D eigenvalue weighted by atomic mass is 10.2. The van der Waals surface area contributed by atoms with Crippen molar-refractivity contribution in [2.24, 2.45) is 0 Å². The molecule has 0 saturated heterocycles. The van der Waals surface area contributed by atoms with Crippen LogP contribution in [0.25, 0.3) is 0 Å². The fourth-order valence-corrected chi connectivity index (χ4v) is 2.03. The van der Waals surface area contributed by atoms with Gasteiger partial charge in [-0.1, -0.05) is 24.6 Å². The molecule has 0 unspecified atom stereocenters. The maximum Gasteiger partial charge on any atom is 0.315 e. The Morgan fingerprint density at radius 2 is 2.09 bits per heavy atom. The Morgan fingerprint density at radius 1 is 1.35 bits per heavy atom. The molecule has 2 rings (SSSR count). The number of ether oxygens (including phenoxy) is 1. The zero-order valence-corrected chi connectivity index (χ0v) is 13.8. The Kier molecular flexibility index (Phi) is 6.02. The van der Waals surface area contributed by atoms with Crippen LogP contribution in [0.5, 0.6) is 5.75 Å². The van der Waals surface area contributed by atoms with Gasteiger partial charge in [-0.3, -0.25) is 5.10 Å². The molecule has 0 radical (unpaired) electrons. The van der Waals surface area contributed by atoms with E-state index in [-0.39, 0.29) is 12.1 Å². The molecule has 0 aliphatic carbocycles. The Hall–Kier alpha value is -2.50. The Balaban J connectivity index is 1.68. The Morgan fingerprint density at radius 3 is 2.74 bits per heavy atom. The first kappa shape index (κ1) is 16.9. The number of amides is 2. The van der Waals surface area contributed by atoms with Crippen molar-refractivity contribution < 1.29 is 9.53 Å². The minimum absolute atomic E-state index is 0.0933. The van der Waals surface area contributed by atoms with Crippen LogP contribution in [0, 0.1) is 6.92 Å². The van der Waals surface area contributed by atoms with Gasteiger partial charge in [0.2, 0.25) is 0 Å². The van der Waals surface area contributed by atoms with Crippen molar-refractivity contribution in [3.8, 4) is 5.75 Å². The van der Waals surface area contributed by atoms with Gasteiger partial charge in [0.1, 0.15) is 12.4 Å². The molecule has 1 aromatic heterocycles. The second-order valence-corrected chi connectivity index (χ2v) is 5.59. The lowest BCUT2D eigenvalue weighted by Crippen LogP contribution is -2.43. The van der Waals surface area contributed by atoms with E-state index in [1.54, 1.807) is 0 Å². The average molecular weight is 316 g/mol. The van der Waals surface area contributed by atoms with Crippen LogP contribution in [0.2, 0.25) is 0 Å². The second-order valence-electron chi connectivity index (χ2n) is 5.59. The van der Waals surface area contributed by atoms with Crippen molar-refractivity contribution >= 4 is 6.03 Å². The third-order valence-electron chi connectivity index (χ3n) is 3.38. The van der Waals surface area contributed by atoms with Gasteiger partial charge in [-0.05, 0) is 38.5 Å². The minimum atomic E-state index is -0.224. The summed E-state index contributed by atoms with van der Waals surface area (Å²) < 4.78 is 5.65. The normalized spacial score (nSPS) is 11.8. The number of nitrogens with zero attached hydrogens (tertiary/aromatic N) is 1. The number of carbonyl (C=O) groups is 1. The van der Waals surface area contributed by atoms with Crippen LogP contribution in [0.15, 0.2) is 30.3 Å². The van der Waals surface area contributed by atoms with Crippen LogP contribution in [0.4, 0.5) is 4.79 Å². The first-order valence-corrected chi connectivity index (χ1v) is 7.83. The molecule has 0 spiro atoms. The number of nitrogens with one attached hydrogen (secondary N) is 3. The van der Waals surface area contributed by atoms with Crippen molar-refractivity contribution in [2.75, 3.05) is 6.61 Å². The van der Waals surface area contributed by atoms with Gasteiger partial charge in [0.05, 0.1) is 24.0 Å². The largest absolute Gasteiger partial charge is 0.491 e. The van der Waals surface area contributed by atoms with E-state index in [4.69, 9.17) is 4.74 Å². The number of aromatic nitrogens is 2. The third-order valence-corrected chi connectivity index (χ3v) is 3.38. The van der Waals surface area contributed by atoms with Crippen LogP contribution in [-0.4, -0.2) is 28.9 Å². The Labute approximate surface area is 136 Å². The standard InChI is InChI=1S/C17H24N4O2/c1-4-14-9-15(21-20-14)10-18-17(22)19-13(3)11-23-16-7-5-12(2)6-8-16/h5-9,13H,4,10-11H2,1-3H3,(H,20,21)(H2,18,19,22)/t13-/m1/s1. The van der Waals surface area contributed by atoms with Gasteiger partial charge >= 0.3 is 6.03 Å². The minimum Gasteiger partial charge on any atom is -0.491 e. The second kappa shape index (κ2) is 8.22. The fraction of sp³-hybridized carbons (Fsp3) is 0.412. The monoisotopic (exact) mass is 316 g/mol. The van der Waals surface area contributed by atoms with Gasteiger partial charge in [0.25, 0.3) is 0 Å². The SMILES string of the molecule is CCc1cc(CNC(=O)N[C@H](C)COc2ccc(C)cc2)[nH]n1. The van der Waals surface area contributed by atoms with Crippen LogP contribution in [-0.2, 0) is 13.0 Å². The van der Waals surface area contributed by atoms with E-state index in [1.807, 2.05) is 51.1 Å². The molecule has 1 heterocycles. The molecule has 0 fully saturated rings. The molecule has 6 nitrogen and oxygen atoms in total. The first-order chi connectivity index (χ1) is 11.1. The molecule has 23 heavy (non-hydrogen) atoms. The molecular weight excluding hydrogens is 292 g/mol. The van der Waals surface area contributed by atoms with Gasteiger partial charge in [-0.2, -0.15) is 5.10 Å². The number of carbonyl (C=O) groups excluding carboxylic acids is 1. The number of aromatic amines is 1. The molecule has 0 saturated carbocycles. The summed E-state index contributed by atoms with van der Waals surface area (Å²) in [6.07, 6.45) is 0.871. The molecule has 0 bridgehead atoms. The van der Waals surface area contributed by atoms with Crippen LogP contribution < -0.4 is 15.4 Å². The van der Waals surface area contributed by atoms with Crippen LogP contribution in [0.1, 0.15) is 30.8 Å². The van der Waals surface area contributed by atoms with Gasteiger partial charge in [-0.15, -0.1) is 0 Å². The summed E-state index contributed by atoms with van der Waals surface area (Å²) in [6.45, 7) is 6.81. The molecular formula is C17H24N4O2. The molecule has 3 N–H and O–H groups in total. The van der Waals surface area contributed by atoms with Crippen LogP contribution >= 0.6 is 0 Å². The van der Waals surface area contributed by atoms with Crippen molar-refractivity contribution in [3.05, 3.63) is 47.3 Å². The molecule has 124 valence electrons. The highest BCUT2D eigenvalue weighted by atomic mass is 16.5. The Bertz CT molecular complexity index is 622. The average Bonchev–Trinajstić information content (AvgIpc) is 3.00. The summed E-state index contributed by atoms with van der Waals surface area (Å²) in [5.74, 6) is 0.800. The number of hydrogen-bond donors (Lipinski definition) is 3. The van der Waals surface area contributed by atoms with Gasteiger partial charge < -0.3 is 15.4 Å². The number of H-pyrrole nitrogens is 1. The topological polar surface area (TPSA) is 79.0 Å². The smallest absolute Gasteiger partial charge is 0.315 e. The highest BCUT2D eigenvalue weighted by Crippen LogP contribution is 2.11. The molecule has 1 atom stereocenters. The van der Waals surface area contributed by atoms with Gasteiger partial charge in [0.15, 0.2) is 0 Å². The molecule has 0 aliphatic rings. The van der Waals surface area contributed by atoms with Crippen molar-refractivity contribution in [1.82, 2.24) is 20.8 Å².